The van der Waals surface area contributed by atoms with Gasteiger partial charge in [0.2, 0.25) is 11.6 Å². The Kier molecular flexibility index (Phi) is 5.43. The molecular formula is C14H12F3N5O6S. The van der Waals surface area contributed by atoms with Crippen LogP contribution in [0.1, 0.15) is 5.56 Å². The van der Waals surface area contributed by atoms with Crippen LogP contribution in [-0.2, 0) is 20.5 Å². The Bertz CT molecular complexity index is 1170. The normalized spacial score (nSPS) is 12.3. The maximum Gasteiger partial charge on any atom is 0.446 e. The summed E-state index contributed by atoms with van der Waals surface area (Å²) in [7, 11) is -3.65. The van der Waals surface area contributed by atoms with Crippen LogP contribution >= 0.6 is 0 Å². The highest BCUT2D eigenvalue weighted by atomic mass is 32.2. The Balaban J connectivity index is 1.92. The van der Waals surface area contributed by atoms with Crippen molar-refractivity contribution in [1.29, 1.82) is 0 Å². The lowest BCUT2D eigenvalue weighted by Gasteiger charge is -2.09. The average molecular weight is 435 g/mol. The van der Waals surface area contributed by atoms with E-state index in [0.717, 1.165) is 29.0 Å². The Morgan fingerprint density at radius 1 is 1.24 bits per heavy atom. The molecule has 0 aliphatic carbocycles. The number of hydrogen-bond donors (Lipinski definition) is 1. The Hall–Kier alpha value is -3.20. The van der Waals surface area contributed by atoms with E-state index in [1.165, 1.54) is 6.07 Å². The van der Waals surface area contributed by atoms with E-state index in [-0.39, 0.29) is 36.2 Å². The predicted molar refractivity (Wildman–Crippen MR) is 89.7 cm³/mol. The highest BCUT2D eigenvalue weighted by Gasteiger charge is 2.31. The van der Waals surface area contributed by atoms with Crippen LogP contribution in [0.4, 0.5) is 19.0 Å². The van der Waals surface area contributed by atoms with Crippen LogP contribution in [0.5, 0.6) is 0 Å². The van der Waals surface area contributed by atoms with Gasteiger partial charge < -0.3 is 5.32 Å². The molecule has 11 nitrogen and oxygen atoms in total. The summed E-state index contributed by atoms with van der Waals surface area (Å²) in [5, 5.41) is 13.3. The van der Waals surface area contributed by atoms with Crippen molar-refractivity contribution in [2.75, 3.05) is 24.7 Å². The largest absolute Gasteiger partial charge is 0.446 e. The van der Waals surface area contributed by atoms with Gasteiger partial charge in [0.1, 0.15) is 0 Å². The average Bonchev–Trinajstić information content (AvgIpc) is 3.23. The molecule has 3 rings (SSSR count). The van der Waals surface area contributed by atoms with E-state index in [1.807, 2.05) is 0 Å². The topological polar surface area (TPSA) is 142 Å². The van der Waals surface area contributed by atoms with Crippen LogP contribution in [0, 0.1) is 0 Å². The highest BCUT2D eigenvalue weighted by Crippen LogP contribution is 2.31. The number of halogens is 3. The van der Waals surface area contributed by atoms with Gasteiger partial charge in [-0.05, 0) is 28.5 Å². The summed E-state index contributed by atoms with van der Waals surface area (Å²) in [5.41, 5.74) is -1.30. The van der Waals surface area contributed by atoms with Crippen LogP contribution < -0.4 is 11.1 Å². The first-order valence-electron chi connectivity index (χ1n) is 7.74. The van der Waals surface area contributed by atoms with Gasteiger partial charge in [0.15, 0.2) is 5.69 Å². The predicted octanol–water partition coefficient (Wildman–Crippen LogP) is 1.28. The summed E-state index contributed by atoms with van der Waals surface area (Å²) in [6.45, 7) is -0.287. The molecule has 1 N–H and O–H groups in total. The lowest BCUT2D eigenvalue weighted by atomic mass is 10.2. The van der Waals surface area contributed by atoms with E-state index < -0.39 is 27.6 Å². The number of aromatic nitrogens is 4. The van der Waals surface area contributed by atoms with E-state index in [9.17, 15) is 26.4 Å². The van der Waals surface area contributed by atoms with Crippen LogP contribution in [0.2, 0.25) is 0 Å². The molecule has 0 amide bonds. The Morgan fingerprint density at radius 3 is 2.69 bits per heavy atom. The number of benzene rings is 1. The Labute approximate surface area is 160 Å². The summed E-state index contributed by atoms with van der Waals surface area (Å²) in [5.74, 6) is -1.40. The van der Waals surface area contributed by atoms with Crippen molar-refractivity contribution >= 4 is 15.9 Å². The van der Waals surface area contributed by atoms with Crippen molar-refractivity contribution in [2.45, 2.75) is 6.18 Å². The molecule has 0 aliphatic heterocycles. The van der Waals surface area contributed by atoms with Gasteiger partial charge in [0.25, 0.3) is 10.1 Å². The van der Waals surface area contributed by atoms with Gasteiger partial charge in [-0.1, -0.05) is 11.2 Å². The molecule has 0 spiro atoms. The van der Waals surface area contributed by atoms with Crippen molar-refractivity contribution in [3.8, 4) is 17.2 Å². The second-order valence-corrected chi connectivity index (χ2v) is 7.21. The lowest BCUT2D eigenvalue weighted by Crippen LogP contribution is -2.16. The minimum absolute atomic E-state index is 0.0417. The van der Waals surface area contributed by atoms with E-state index >= 15 is 0 Å². The molecule has 0 fully saturated rings. The van der Waals surface area contributed by atoms with Crippen molar-refractivity contribution in [3.63, 3.8) is 0 Å². The van der Waals surface area contributed by atoms with Crippen LogP contribution in [0.3, 0.4) is 0 Å². The highest BCUT2D eigenvalue weighted by molar-refractivity contribution is 7.85. The zero-order chi connectivity index (χ0) is 21.2. The van der Waals surface area contributed by atoms with Gasteiger partial charge in [0, 0.05) is 6.54 Å². The van der Waals surface area contributed by atoms with Crippen molar-refractivity contribution in [3.05, 3.63) is 40.4 Å². The molecule has 2 aromatic heterocycles. The van der Waals surface area contributed by atoms with E-state index in [0.29, 0.717) is 0 Å². The van der Waals surface area contributed by atoms with E-state index in [1.54, 1.807) is 0 Å². The number of nitrogens with zero attached hydrogens (tertiary/aromatic N) is 4. The van der Waals surface area contributed by atoms with Crippen molar-refractivity contribution < 1.29 is 34.9 Å². The summed E-state index contributed by atoms with van der Waals surface area (Å²) >= 11 is 0. The van der Waals surface area contributed by atoms with Gasteiger partial charge in [0.05, 0.1) is 24.1 Å². The number of rotatable bonds is 7. The van der Waals surface area contributed by atoms with Crippen molar-refractivity contribution in [2.24, 2.45) is 0 Å². The molecule has 0 saturated carbocycles. The molecule has 0 radical (unpaired) electrons. The maximum absolute atomic E-state index is 13.0. The third-order valence-electron chi connectivity index (χ3n) is 3.43. The van der Waals surface area contributed by atoms with Gasteiger partial charge in [-0.2, -0.15) is 21.6 Å². The SMILES string of the molecule is CS(=O)(=O)OCCNc1nonc1-c1noc(=O)n1-c1cccc(C(F)(F)F)c1. The van der Waals surface area contributed by atoms with Gasteiger partial charge in [-0.3, -0.25) is 8.71 Å². The molecule has 0 aliphatic rings. The molecular weight excluding hydrogens is 423 g/mol. The van der Waals surface area contributed by atoms with Gasteiger partial charge in [-0.25, -0.2) is 14.0 Å². The van der Waals surface area contributed by atoms with E-state index in [2.05, 4.69) is 34.1 Å². The first-order chi connectivity index (χ1) is 13.6. The van der Waals surface area contributed by atoms with Crippen molar-refractivity contribution in [1.82, 2.24) is 20.0 Å². The lowest BCUT2D eigenvalue weighted by molar-refractivity contribution is -0.137. The molecule has 0 saturated heterocycles. The molecule has 1 aromatic carbocycles. The number of hydrogen-bond acceptors (Lipinski definition) is 10. The summed E-state index contributed by atoms with van der Waals surface area (Å²) in [6.07, 6.45) is -3.75. The molecule has 0 unspecified atom stereocenters. The molecule has 3 aromatic rings. The van der Waals surface area contributed by atoms with Crippen LogP contribution in [0.25, 0.3) is 17.2 Å². The van der Waals surface area contributed by atoms with Gasteiger partial charge in [-0.15, -0.1) is 0 Å². The number of anilines is 1. The minimum Gasteiger partial charge on any atom is -0.363 e. The monoisotopic (exact) mass is 435 g/mol. The summed E-state index contributed by atoms with van der Waals surface area (Å²) < 4.78 is 75.3. The second kappa shape index (κ2) is 7.67. The fourth-order valence-corrected chi connectivity index (χ4v) is 2.65. The third kappa shape index (κ3) is 4.80. The summed E-state index contributed by atoms with van der Waals surface area (Å²) in [6, 6.07) is 3.94. The number of alkyl halides is 3. The molecule has 156 valence electrons. The Morgan fingerprint density at radius 2 is 2.00 bits per heavy atom. The number of nitrogens with one attached hydrogen (secondary N) is 1. The molecule has 2 heterocycles. The maximum atomic E-state index is 13.0. The fraction of sp³-hybridized carbons (Fsp3) is 0.286. The smallest absolute Gasteiger partial charge is 0.363 e. The van der Waals surface area contributed by atoms with Crippen LogP contribution in [0.15, 0.2) is 38.2 Å². The van der Waals surface area contributed by atoms with E-state index in [4.69, 9.17) is 0 Å². The summed E-state index contributed by atoms with van der Waals surface area (Å²) in [4.78, 5) is 12.0. The first-order valence-corrected chi connectivity index (χ1v) is 9.55. The van der Waals surface area contributed by atoms with Crippen LogP contribution in [-0.4, -0.2) is 47.9 Å². The van der Waals surface area contributed by atoms with Gasteiger partial charge >= 0.3 is 11.9 Å². The second-order valence-electron chi connectivity index (χ2n) is 5.57. The zero-order valence-electron chi connectivity index (χ0n) is 14.5. The molecule has 15 heteroatoms. The molecule has 0 bridgehead atoms. The first kappa shape index (κ1) is 20.5. The standard InChI is InChI=1S/C14H12F3N5O6S/c1-29(24,25)26-6-5-18-11-10(19-28-20-11)12-21-27-13(23)22(12)9-4-2-3-8(7-9)14(15,16)17/h2-4,7H,5-6H2,1H3,(H,18,20). The minimum atomic E-state index is -4.63. The quantitative estimate of drug-likeness (QED) is 0.426. The third-order valence-corrected chi connectivity index (χ3v) is 4.02. The zero-order valence-corrected chi connectivity index (χ0v) is 15.3. The molecule has 0 atom stereocenters. The molecule has 29 heavy (non-hydrogen) atoms. The fourth-order valence-electron chi connectivity index (χ4n) is 2.26.